The zero-order valence-corrected chi connectivity index (χ0v) is 20.3. The molecule has 0 aliphatic carbocycles. The molecule has 0 saturated carbocycles. The molecule has 5 unspecified atom stereocenters. The van der Waals surface area contributed by atoms with Gasteiger partial charge in [-0.3, -0.25) is 19.2 Å². The van der Waals surface area contributed by atoms with Crippen molar-refractivity contribution in [3.63, 3.8) is 0 Å². The van der Waals surface area contributed by atoms with Crippen LogP contribution in [0.3, 0.4) is 0 Å². The summed E-state index contributed by atoms with van der Waals surface area (Å²) in [6.45, 7) is 1.15. The molecule has 0 aliphatic rings. The second-order valence-corrected chi connectivity index (χ2v) is 8.58. The van der Waals surface area contributed by atoms with E-state index in [0.29, 0.717) is 0 Å². The number of carbonyl (C=O) groups excluding carboxylic acids is 4. The Morgan fingerprint density at radius 2 is 1.64 bits per heavy atom. The molecule has 10 N–H and O–H groups in total. The number of aliphatic carboxylic acids is 1. The number of benzene rings is 1. The average molecular weight is 523 g/mol. The maximum atomic E-state index is 12.8. The average Bonchev–Trinajstić information content (AvgIpc) is 3.22. The van der Waals surface area contributed by atoms with Crippen molar-refractivity contribution in [3.05, 3.63) is 36.0 Å². The molecular weight excluding hydrogens is 492 g/mol. The van der Waals surface area contributed by atoms with Gasteiger partial charge in [0.2, 0.25) is 23.6 Å². The second-order valence-electron chi connectivity index (χ2n) is 8.21. The van der Waals surface area contributed by atoms with Crippen LogP contribution in [-0.4, -0.2) is 80.8 Å². The first-order valence-corrected chi connectivity index (χ1v) is 11.6. The van der Waals surface area contributed by atoms with E-state index in [9.17, 15) is 29.1 Å². The van der Waals surface area contributed by atoms with Crippen LogP contribution in [0.2, 0.25) is 0 Å². The summed E-state index contributed by atoms with van der Waals surface area (Å²) in [6.07, 6.45) is -0.193. The number of fused-ring (bicyclic) bond motifs is 1. The van der Waals surface area contributed by atoms with Gasteiger partial charge in [-0.2, -0.15) is 12.6 Å². The Hall–Kier alpha value is -3.62. The minimum Gasteiger partial charge on any atom is -0.480 e. The fourth-order valence-electron chi connectivity index (χ4n) is 3.43. The molecule has 196 valence electrons. The number of hydrogen-bond acceptors (Lipinski definition) is 8. The predicted octanol–water partition coefficient (Wildman–Crippen LogP) is -2.24. The molecule has 2 aromatic rings. The lowest BCUT2D eigenvalue weighted by molar-refractivity contribution is -0.145. The Bertz CT molecular complexity index is 1120. The number of carbonyl (C=O) groups is 5. The third-order valence-electron chi connectivity index (χ3n) is 5.35. The van der Waals surface area contributed by atoms with Crippen LogP contribution < -0.4 is 27.4 Å². The van der Waals surface area contributed by atoms with Gasteiger partial charge in [0.25, 0.3) is 0 Å². The van der Waals surface area contributed by atoms with Gasteiger partial charge in [0.15, 0.2) is 6.04 Å². The molecule has 0 aliphatic heterocycles. The highest BCUT2D eigenvalue weighted by Gasteiger charge is 2.32. The van der Waals surface area contributed by atoms with E-state index >= 15 is 0 Å². The third-order valence-corrected chi connectivity index (χ3v) is 5.72. The van der Waals surface area contributed by atoms with E-state index in [-0.39, 0.29) is 12.2 Å². The van der Waals surface area contributed by atoms with E-state index in [1.165, 1.54) is 0 Å². The van der Waals surface area contributed by atoms with Crippen LogP contribution >= 0.6 is 12.6 Å². The smallest absolute Gasteiger partial charge is 0.328 e. The van der Waals surface area contributed by atoms with Gasteiger partial charge < -0.3 is 42.6 Å². The lowest BCUT2D eigenvalue weighted by Crippen LogP contribution is -2.59. The minimum absolute atomic E-state index is 0.173. The summed E-state index contributed by atoms with van der Waals surface area (Å²) in [6, 6.07) is 1.99. The molecule has 0 radical (unpaired) electrons. The molecule has 0 bridgehead atoms. The van der Waals surface area contributed by atoms with Crippen LogP contribution in [0, 0.1) is 0 Å². The van der Waals surface area contributed by atoms with Crippen LogP contribution in [0.25, 0.3) is 10.9 Å². The number of aliphatic hydroxyl groups excluding tert-OH is 1. The van der Waals surface area contributed by atoms with Gasteiger partial charge in [-0.1, -0.05) is 18.2 Å². The summed E-state index contributed by atoms with van der Waals surface area (Å²) in [5, 5.41) is 26.4. The lowest BCUT2D eigenvalue weighted by Gasteiger charge is -2.24. The topological polar surface area (TPSA) is 230 Å². The number of aromatic amines is 1. The maximum absolute atomic E-state index is 12.8. The summed E-state index contributed by atoms with van der Waals surface area (Å²) in [4.78, 5) is 63.7. The van der Waals surface area contributed by atoms with Crippen molar-refractivity contribution >= 4 is 53.1 Å². The highest BCUT2D eigenvalue weighted by molar-refractivity contribution is 7.80. The van der Waals surface area contributed by atoms with E-state index in [2.05, 4.69) is 28.2 Å². The Kier molecular flexibility index (Phi) is 10.3. The molecule has 13 nitrogen and oxygen atoms in total. The molecule has 1 heterocycles. The van der Waals surface area contributed by atoms with Crippen molar-refractivity contribution < 1.29 is 34.2 Å². The summed E-state index contributed by atoms with van der Waals surface area (Å²) < 4.78 is 0. The highest BCUT2D eigenvalue weighted by Crippen LogP contribution is 2.18. The number of carboxylic acids is 1. The summed E-state index contributed by atoms with van der Waals surface area (Å²) in [7, 11) is 0. The van der Waals surface area contributed by atoms with Crippen LogP contribution in [-0.2, 0) is 30.4 Å². The van der Waals surface area contributed by atoms with Crippen LogP contribution in [0.5, 0.6) is 0 Å². The van der Waals surface area contributed by atoms with Gasteiger partial charge >= 0.3 is 5.97 Å². The second kappa shape index (κ2) is 12.9. The summed E-state index contributed by atoms with van der Waals surface area (Å²) in [5.74, 6) is -5.23. The first-order chi connectivity index (χ1) is 16.9. The molecular formula is C22H30N6O7S. The van der Waals surface area contributed by atoms with E-state index in [1.807, 2.05) is 29.6 Å². The molecule has 36 heavy (non-hydrogen) atoms. The minimum atomic E-state index is -1.69. The Balaban J connectivity index is 2.05. The van der Waals surface area contributed by atoms with Gasteiger partial charge in [0.05, 0.1) is 18.6 Å². The number of amides is 4. The predicted molar refractivity (Wildman–Crippen MR) is 133 cm³/mol. The Labute approximate surface area is 211 Å². The molecule has 14 heteroatoms. The maximum Gasteiger partial charge on any atom is 0.328 e. The number of primary amides is 1. The molecule has 1 aromatic carbocycles. The van der Waals surface area contributed by atoms with Gasteiger partial charge in [0, 0.05) is 22.9 Å². The largest absolute Gasteiger partial charge is 0.480 e. The van der Waals surface area contributed by atoms with Crippen molar-refractivity contribution in [3.8, 4) is 0 Å². The highest BCUT2D eigenvalue weighted by atomic mass is 32.1. The molecule has 1 aromatic heterocycles. The van der Waals surface area contributed by atoms with E-state index in [4.69, 9.17) is 16.6 Å². The van der Waals surface area contributed by atoms with Gasteiger partial charge in [0.1, 0.15) is 12.1 Å². The molecule has 4 amide bonds. The SMILES string of the molecule is CC(O)C(NC(=O)C(CC(N)=O)NC(=O)C(CS)NC(=O)C(N)Cc1c[nH]c2ccccc12)C(=O)O. The number of para-hydroxylation sites is 1. The lowest BCUT2D eigenvalue weighted by atomic mass is 10.0. The van der Waals surface area contributed by atoms with Crippen molar-refractivity contribution in [2.45, 2.75) is 50.0 Å². The van der Waals surface area contributed by atoms with Gasteiger partial charge in [-0.15, -0.1) is 0 Å². The van der Waals surface area contributed by atoms with Crippen LogP contribution in [0.15, 0.2) is 30.5 Å². The monoisotopic (exact) mass is 522 g/mol. The van der Waals surface area contributed by atoms with Gasteiger partial charge in [-0.05, 0) is 25.0 Å². The molecule has 0 fully saturated rings. The van der Waals surface area contributed by atoms with E-state index in [1.54, 1.807) is 6.20 Å². The Morgan fingerprint density at radius 3 is 2.22 bits per heavy atom. The number of H-pyrrole nitrogens is 1. The first kappa shape index (κ1) is 28.6. The number of aliphatic hydroxyl groups is 1. The zero-order valence-electron chi connectivity index (χ0n) is 19.4. The molecule has 0 spiro atoms. The molecule has 5 atom stereocenters. The Morgan fingerprint density at radius 1 is 1.03 bits per heavy atom. The molecule has 2 rings (SSSR count). The van der Waals surface area contributed by atoms with Crippen LogP contribution in [0.1, 0.15) is 18.9 Å². The normalized spacial score (nSPS) is 15.2. The first-order valence-electron chi connectivity index (χ1n) is 11.0. The van der Waals surface area contributed by atoms with Crippen molar-refractivity contribution in [2.75, 3.05) is 5.75 Å². The van der Waals surface area contributed by atoms with E-state index in [0.717, 1.165) is 23.4 Å². The third kappa shape index (κ3) is 7.69. The summed E-state index contributed by atoms with van der Waals surface area (Å²) in [5.41, 5.74) is 12.9. The van der Waals surface area contributed by atoms with E-state index < -0.39 is 66.3 Å². The number of rotatable bonds is 13. The molecule has 0 saturated heterocycles. The number of nitrogens with two attached hydrogens (primary N) is 2. The summed E-state index contributed by atoms with van der Waals surface area (Å²) >= 11 is 4.06. The van der Waals surface area contributed by atoms with Crippen molar-refractivity contribution in [2.24, 2.45) is 11.5 Å². The number of thiol groups is 1. The fourth-order valence-corrected chi connectivity index (χ4v) is 3.69. The van der Waals surface area contributed by atoms with Crippen LogP contribution in [0.4, 0.5) is 0 Å². The number of hydrogen-bond donors (Lipinski definition) is 9. The standard InChI is InChI=1S/C22H30N6O7S/c1-10(29)18(22(34)35)28-20(32)15(7-17(24)30)26-21(33)16(9-36)27-19(31)13(23)6-11-8-25-14-5-3-2-4-12(11)14/h2-5,8,10,13,15-16,18,25,29,36H,6-7,9,23H2,1H3,(H2,24,30)(H,26,33)(H,27,31)(H,28,32)(H,34,35). The number of aromatic nitrogens is 1. The fraction of sp³-hybridized carbons (Fsp3) is 0.409. The number of carboxylic acid groups (broad SMARTS) is 1. The van der Waals surface area contributed by atoms with Crippen molar-refractivity contribution in [1.29, 1.82) is 0 Å². The zero-order chi connectivity index (χ0) is 27.0. The quantitative estimate of drug-likeness (QED) is 0.130. The number of nitrogens with one attached hydrogen (secondary N) is 4. The van der Waals surface area contributed by atoms with Gasteiger partial charge in [-0.25, -0.2) is 4.79 Å². The van der Waals surface area contributed by atoms with Crippen molar-refractivity contribution in [1.82, 2.24) is 20.9 Å².